The molecule has 5 heteroatoms. The van der Waals surface area contributed by atoms with E-state index in [-0.39, 0.29) is 11.3 Å². The molecule has 0 aliphatic heterocycles. The van der Waals surface area contributed by atoms with Crippen molar-refractivity contribution in [1.82, 2.24) is 10.2 Å². The maximum Gasteiger partial charge on any atom is 0.278 e. The minimum atomic E-state index is -0.297. The average Bonchev–Trinajstić information content (AvgIpc) is 2.23. The summed E-state index contributed by atoms with van der Waals surface area (Å²) in [5.41, 5.74) is 0.795. The number of aromatic nitrogens is 2. The number of aromatic hydroxyl groups is 1. The van der Waals surface area contributed by atoms with Crippen molar-refractivity contribution in [3.63, 3.8) is 0 Å². The lowest BCUT2D eigenvalue weighted by Crippen LogP contribution is -2.08. The quantitative estimate of drug-likeness (QED) is 0.829. The van der Waals surface area contributed by atoms with Gasteiger partial charge in [-0.3, -0.25) is 4.79 Å². The molecule has 0 amide bonds. The number of aromatic amines is 1. The molecule has 2 rings (SSSR count). The van der Waals surface area contributed by atoms with E-state index in [1.165, 1.54) is 0 Å². The molecule has 0 saturated heterocycles. The first-order valence-corrected chi connectivity index (χ1v) is 5.01. The van der Waals surface area contributed by atoms with Crippen LogP contribution in [0.2, 0.25) is 0 Å². The predicted octanol–water partition coefficient (Wildman–Crippen LogP) is 1.90. The smallest absolute Gasteiger partial charge is 0.278 e. The van der Waals surface area contributed by atoms with E-state index in [2.05, 4.69) is 26.1 Å². The summed E-state index contributed by atoms with van der Waals surface area (Å²) in [4.78, 5) is 11.1. The van der Waals surface area contributed by atoms with Gasteiger partial charge in [-0.05, 0) is 34.1 Å². The summed E-state index contributed by atoms with van der Waals surface area (Å²) in [6, 6.07) is 8.36. The molecule has 15 heavy (non-hydrogen) atoms. The number of phenolic OH excluding ortho intramolecular Hbond substituents is 1. The van der Waals surface area contributed by atoms with E-state index in [9.17, 15) is 9.90 Å². The van der Waals surface area contributed by atoms with Crippen molar-refractivity contribution in [2.75, 3.05) is 0 Å². The van der Waals surface area contributed by atoms with Crippen LogP contribution in [-0.2, 0) is 0 Å². The highest BCUT2D eigenvalue weighted by molar-refractivity contribution is 9.10. The van der Waals surface area contributed by atoms with E-state index in [0.717, 1.165) is 0 Å². The van der Waals surface area contributed by atoms with Gasteiger partial charge in [-0.25, -0.2) is 5.10 Å². The molecular weight excluding hydrogens is 260 g/mol. The van der Waals surface area contributed by atoms with Gasteiger partial charge in [0.15, 0.2) is 0 Å². The van der Waals surface area contributed by atoms with E-state index in [0.29, 0.717) is 15.7 Å². The van der Waals surface area contributed by atoms with Crippen molar-refractivity contribution in [3.05, 3.63) is 45.2 Å². The highest BCUT2D eigenvalue weighted by atomic mass is 79.9. The van der Waals surface area contributed by atoms with Gasteiger partial charge in [0.05, 0.1) is 10.2 Å². The standard InChI is InChI=1S/C10H7BrN2O2/c11-7-5-8(12-13-10(7)15)6-3-1-2-4-9(6)14/h1-5,14H,(H,13,15). The first kappa shape index (κ1) is 9.92. The largest absolute Gasteiger partial charge is 0.507 e. The maximum atomic E-state index is 11.1. The number of para-hydroxylation sites is 1. The molecule has 0 atom stereocenters. The van der Waals surface area contributed by atoms with E-state index in [4.69, 9.17) is 0 Å². The summed E-state index contributed by atoms with van der Waals surface area (Å²) in [5, 5.41) is 15.7. The van der Waals surface area contributed by atoms with Crippen LogP contribution in [0.25, 0.3) is 11.3 Å². The maximum absolute atomic E-state index is 11.1. The van der Waals surface area contributed by atoms with Crippen molar-refractivity contribution < 1.29 is 5.11 Å². The van der Waals surface area contributed by atoms with Gasteiger partial charge < -0.3 is 5.11 Å². The van der Waals surface area contributed by atoms with Gasteiger partial charge >= 0.3 is 0 Å². The molecule has 0 aliphatic rings. The number of hydrogen-bond donors (Lipinski definition) is 2. The van der Waals surface area contributed by atoms with Crippen molar-refractivity contribution in [3.8, 4) is 17.0 Å². The molecule has 2 N–H and O–H groups in total. The Kier molecular flexibility index (Phi) is 2.55. The van der Waals surface area contributed by atoms with E-state index in [1.54, 1.807) is 30.3 Å². The van der Waals surface area contributed by atoms with Crippen LogP contribution in [0.5, 0.6) is 5.75 Å². The lowest BCUT2D eigenvalue weighted by Gasteiger charge is -2.02. The second kappa shape index (κ2) is 3.86. The average molecular weight is 267 g/mol. The minimum Gasteiger partial charge on any atom is -0.507 e. The predicted molar refractivity (Wildman–Crippen MR) is 59.7 cm³/mol. The van der Waals surface area contributed by atoms with Crippen LogP contribution in [0, 0.1) is 0 Å². The molecule has 2 aromatic rings. The van der Waals surface area contributed by atoms with Crippen molar-refractivity contribution >= 4 is 15.9 Å². The molecule has 0 unspecified atom stereocenters. The zero-order valence-corrected chi connectivity index (χ0v) is 9.15. The summed E-state index contributed by atoms with van der Waals surface area (Å²) < 4.78 is 0.385. The number of nitrogens with zero attached hydrogens (tertiary/aromatic N) is 1. The molecule has 76 valence electrons. The normalized spacial score (nSPS) is 10.2. The lowest BCUT2D eigenvalue weighted by molar-refractivity contribution is 0.477. The number of H-pyrrole nitrogens is 1. The van der Waals surface area contributed by atoms with Gasteiger partial charge in [-0.2, -0.15) is 5.10 Å². The van der Waals surface area contributed by atoms with E-state index >= 15 is 0 Å². The van der Waals surface area contributed by atoms with Gasteiger partial charge in [0.2, 0.25) is 0 Å². The molecule has 1 aromatic carbocycles. The molecule has 0 fully saturated rings. The van der Waals surface area contributed by atoms with Crippen LogP contribution < -0.4 is 5.56 Å². The number of phenols is 1. The van der Waals surface area contributed by atoms with Gasteiger partial charge in [0.25, 0.3) is 5.56 Å². The fraction of sp³-hybridized carbons (Fsp3) is 0. The van der Waals surface area contributed by atoms with Crippen LogP contribution >= 0.6 is 15.9 Å². The molecule has 0 aliphatic carbocycles. The Morgan fingerprint density at radius 1 is 1.33 bits per heavy atom. The number of benzene rings is 1. The molecule has 1 aromatic heterocycles. The van der Waals surface area contributed by atoms with Crippen LogP contribution in [0.3, 0.4) is 0 Å². The summed E-state index contributed by atoms with van der Waals surface area (Å²) >= 11 is 3.10. The number of hydrogen-bond acceptors (Lipinski definition) is 3. The fourth-order valence-electron chi connectivity index (χ4n) is 1.21. The second-order valence-corrected chi connectivity index (χ2v) is 3.80. The summed E-state index contributed by atoms with van der Waals surface area (Å²) in [6.07, 6.45) is 0. The molecule has 4 nitrogen and oxygen atoms in total. The van der Waals surface area contributed by atoms with Gasteiger partial charge in [-0.15, -0.1) is 0 Å². The fourth-order valence-corrected chi connectivity index (χ4v) is 1.52. The summed E-state index contributed by atoms with van der Waals surface area (Å²) in [6.45, 7) is 0. The second-order valence-electron chi connectivity index (χ2n) is 2.95. The molecule has 0 spiro atoms. The van der Waals surface area contributed by atoms with E-state index in [1.807, 2.05) is 0 Å². The molecule has 1 heterocycles. The molecule has 0 bridgehead atoms. The van der Waals surface area contributed by atoms with Gasteiger partial charge in [0, 0.05) is 5.56 Å². The van der Waals surface area contributed by atoms with Gasteiger partial charge in [-0.1, -0.05) is 12.1 Å². The zero-order valence-electron chi connectivity index (χ0n) is 7.57. The van der Waals surface area contributed by atoms with Crippen LogP contribution in [0.15, 0.2) is 39.6 Å². The Hall–Kier alpha value is -1.62. The monoisotopic (exact) mass is 266 g/mol. The molecular formula is C10H7BrN2O2. The third-order valence-electron chi connectivity index (χ3n) is 1.94. The first-order valence-electron chi connectivity index (χ1n) is 4.22. The van der Waals surface area contributed by atoms with Crippen LogP contribution in [-0.4, -0.2) is 15.3 Å². The van der Waals surface area contributed by atoms with Crippen LogP contribution in [0.4, 0.5) is 0 Å². The van der Waals surface area contributed by atoms with Gasteiger partial charge in [0.1, 0.15) is 5.75 Å². The molecule has 0 saturated carbocycles. The van der Waals surface area contributed by atoms with Crippen molar-refractivity contribution in [1.29, 1.82) is 0 Å². The van der Waals surface area contributed by atoms with Crippen molar-refractivity contribution in [2.45, 2.75) is 0 Å². The number of rotatable bonds is 1. The number of halogens is 1. The highest BCUT2D eigenvalue weighted by Gasteiger charge is 2.06. The first-order chi connectivity index (χ1) is 7.18. The summed E-state index contributed by atoms with van der Waals surface area (Å²) in [5.74, 6) is 0.129. The number of nitrogens with one attached hydrogen (secondary N) is 1. The van der Waals surface area contributed by atoms with E-state index < -0.39 is 0 Å². The highest BCUT2D eigenvalue weighted by Crippen LogP contribution is 2.26. The van der Waals surface area contributed by atoms with Crippen LogP contribution in [0.1, 0.15) is 0 Å². The topological polar surface area (TPSA) is 66.0 Å². The Bertz CT molecular complexity index is 551. The Morgan fingerprint density at radius 2 is 2.07 bits per heavy atom. The third kappa shape index (κ3) is 1.92. The van der Waals surface area contributed by atoms with Crippen molar-refractivity contribution in [2.24, 2.45) is 0 Å². The SMILES string of the molecule is O=c1[nH]nc(-c2ccccc2O)cc1Br. The molecule has 0 radical (unpaired) electrons. The lowest BCUT2D eigenvalue weighted by atomic mass is 10.1. The third-order valence-corrected chi connectivity index (χ3v) is 2.53. The zero-order chi connectivity index (χ0) is 10.8. The minimum absolute atomic E-state index is 0.129. The Morgan fingerprint density at radius 3 is 2.73 bits per heavy atom. The summed E-state index contributed by atoms with van der Waals surface area (Å²) in [7, 11) is 0. The Labute approximate surface area is 93.7 Å². The Balaban J connectivity index is 2.60.